The standard InChI is InChI=1S/C21H33NO5S/c1-5-27-20(24)19-18(14-9-7-6-8-10-14)17-12-16(23)11-15(17)13-22(19)28(25,26)21(2,3)4/h11,14,17-19H,5-10,12-13H2,1-4H3/t17-,18+,19-/m0/s1. The van der Waals surface area contributed by atoms with Crippen LogP contribution in [0.15, 0.2) is 11.6 Å². The summed E-state index contributed by atoms with van der Waals surface area (Å²) in [6.45, 7) is 7.02. The fourth-order valence-corrected chi connectivity index (χ4v) is 6.70. The molecule has 0 bridgehead atoms. The first-order valence-corrected chi connectivity index (χ1v) is 11.9. The van der Waals surface area contributed by atoms with E-state index in [9.17, 15) is 18.0 Å². The Hall–Kier alpha value is -1.21. The number of hydrogen-bond acceptors (Lipinski definition) is 5. The molecule has 2 fully saturated rings. The van der Waals surface area contributed by atoms with E-state index in [1.54, 1.807) is 33.8 Å². The van der Waals surface area contributed by atoms with Crippen molar-refractivity contribution >= 4 is 21.8 Å². The number of ether oxygens (including phenoxy) is 1. The van der Waals surface area contributed by atoms with E-state index in [4.69, 9.17) is 4.74 Å². The summed E-state index contributed by atoms with van der Waals surface area (Å²) in [6, 6.07) is -0.847. The molecule has 28 heavy (non-hydrogen) atoms. The van der Waals surface area contributed by atoms with Gasteiger partial charge < -0.3 is 4.74 Å². The Morgan fingerprint density at radius 3 is 2.43 bits per heavy atom. The van der Waals surface area contributed by atoms with Crippen LogP contribution in [0.3, 0.4) is 0 Å². The average molecular weight is 412 g/mol. The highest BCUT2D eigenvalue weighted by Gasteiger charge is 2.55. The second kappa shape index (κ2) is 7.90. The Kier molecular flexibility index (Phi) is 6.07. The second-order valence-corrected chi connectivity index (χ2v) is 12.0. The van der Waals surface area contributed by atoms with Gasteiger partial charge in [-0.1, -0.05) is 32.1 Å². The maximum Gasteiger partial charge on any atom is 0.324 e. The van der Waals surface area contributed by atoms with E-state index in [1.807, 2.05) is 0 Å². The molecular weight excluding hydrogens is 378 g/mol. The van der Waals surface area contributed by atoms with Gasteiger partial charge in [0.2, 0.25) is 10.0 Å². The summed E-state index contributed by atoms with van der Waals surface area (Å²) < 4.78 is 32.5. The molecule has 1 saturated heterocycles. The Balaban J connectivity index is 2.10. The number of piperidine rings is 1. The zero-order valence-corrected chi connectivity index (χ0v) is 18.3. The lowest BCUT2D eigenvalue weighted by atomic mass is 9.67. The van der Waals surface area contributed by atoms with Crippen LogP contribution in [0.5, 0.6) is 0 Å². The Bertz CT molecular complexity index is 758. The monoisotopic (exact) mass is 411 g/mol. The lowest BCUT2D eigenvalue weighted by Crippen LogP contribution is -2.60. The van der Waals surface area contributed by atoms with E-state index in [-0.39, 0.29) is 36.7 Å². The van der Waals surface area contributed by atoms with Crippen molar-refractivity contribution in [2.24, 2.45) is 17.8 Å². The number of allylic oxidation sites excluding steroid dienone is 1. The Morgan fingerprint density at radius 2 is 1.86 bits per heavy atom. The topological polar surface area (TPSA) is 80.8 Å². The van der Waals surface area contributed by atoms with Crippen LogP contribution in [-0.4, -0.2) is 48.4 Å². The number of nitrogens with zero attached hydrogens (tertiary/aromatic N) is 1. The molecule has 1 aliphatic heterocycles. The minimum Gasteiger partial charge on any atom is -0.465 e. The van der Waals surface area contributed by atoms with E-state index in [0.29, 0.717) is 6.42 Å². The Morgan fingerprint density at radius 1 is 1.21 bits per heavy atom. The van der Waals surface area contributed by atoms with Gasteiger partial charge in [0.1, 0.15) is 6.04 Å². The molecule has 0 unspecified atom stereocenters. The van der Waals surface area contributed by atoms with E-state index in [2.05, 4.69) is 0 Å². The van der Waals surface area contributed by atoms with Gasteiger partial charge in [-0.15, -0.1) is 0 Å². The number of fused-ring (bicyclic) bond motifs is 1. The van der Waals surface area contributed by atoms with Crippen LogP contribution in [0.25, 0.3) is 0 Å². The van der Waals surface area contributed by atoms with E-state index in [0.717, 1.165) is 31.3 Å². The van der Waals surface area contributed by atoms with Crippen molar-refractivity contribution in [3.63, 3.8) is 0 Å². The first-order valence-electron chi connectivity index (χ1n) is 10.5. The fourth-order valence-electron chi connectivity index (χ4n) is 5.15. The van der Waals surface area contributed by atoms with E-state index in [1.165, 1.54) is 10.7 Å². The van der Waals surface area contributed by atoms with Crippen molar-refractivity contribution in [2.45, 2.75) is 77.0 Å². The van der Waals surface area contributed by atoms with Crippen LogP contribution < -0.4 is 0 Å². The van der Waals surface area contributed by atoms with Crippen LogP contribution in [-0.2, 0) is 24.3 Å². The number of ketones is 1. The summed E-state index contributed by atoms with van der Waals surface area (Å²) in [7, 11) is -3.76. The molecule has 1 saturated carbocycles. The fraction of sp³-hybridized carbons (Fsp3) is 0.810. The summed E-state index contributed by atoms with van der Waals surface area (Å²) in [5.74, 6) is -0.428. The number of esters is 1. The molecule has 0 spiro atoms. The minimum absolute atomic E-state index is 0.0402. The molecule has 158 valence electrons. The van der Waals surface area contributed by atoms with Gasteiger partial charge in [-0.05, 0) is 57.1 Å². The summed E-state index contributed by atoms with van der Waals surface area (Å²) >= 11 is 0. The summed E-state index contributed by atoms with van der Waals surface area (Å²) in [6.07, 6.45) is 7.29. The van der Waals surface area contributed by atoms with Crippen LogP contribution in [0.2, 0.25) is 0 Å². The molecule has 7 heteroatoms. The summed E-state index contributed by atoms with van der Waals surface area (Å²) in [4.78, 5) is 25.3. The average Bonchev–Trinajstić information content (AvgIpc) is 2.99. The molecule has 0 N–H and O–H groups in total. The number of sulfonamides is 1. The SMILES string of the molecule is CCOC(=O)[C@@H]1[C@H](C2CCCCC2)[C@H]2CC(=O)C=C2CN1S(=O)(=O)C(C)(C)C. The molecular formula is C21H33NO5S. The summed E-state index contributed by atoms with van der Waals surface area (Å²) in [5.41, 5.74) is 0.869. The third kappa shape index (κ3) is 3.80. The molecule has 2 aliphatic carbocycles. The first kappa shape index (κ1) is 21.5. The predicted molar refractivity (Wildman–Crippen MR) is 107 cm³/mol. The van der Waals surface area contributed by atoms with E-state index >= 15 is 0 Å². The van der Waals surface area contributed by atoms with Crippen molar-refractivity contribution < 1.29 is 22.7 Å². The third-order valence-corrected chi connectivity index (χ3v) is 9.05. The molecule has 3 atom stereocenters. The lowest BCUT2D eigenvalue weighted by Gasteiger charge is -2.48. The smallest absolute Gasteiger partial charge is 0.324 e. The normalized spacial score (nSPS) is 30.1. The third-order valence-electron chi connectivity index (χ3n) is 6.53. The van der Waals surface area contributed by atoms with Crippen molar-refractivity contribution in [1.29, 1.82) is 0 Å². The van der Waals surface area contributed by atoms with Gasteiger partial charge >= 0.3 is 5.97 Å². The summed E-state index contributed by atoms with van der Waals surface area (Å²) in [5, 5.41) is 0. The van der Waals surface area contributed by atoms with Crippen molar-refractivity contribution in [3.05, 3.63) is 11.6 Å². The van der Waals surface area contributed by atoms with Gasteiger partial charge in [-0.25, -0.2) is 8.42 Å². The zero-order valence-electron chi connectivity index (χ0n) is 17.4. The predicted octanol–water partition coefficient (Wildman–Crippen LogP) is 3.07. The molecule has 0 aromatic rings. The number of carbonyl (C=O) groups excluding carboxylic acids is 2. The second-order valence-electron chi connectivity index (χ2n) is 9.33. The quantitative estimate of drug-likeness (QED) is 0.664. The molecule has 0 aromatic heterocycles. The maximum atomic E-state index is 13.4. The molecule has 0 amide bonds. The highest BCUT2D eigenvalue weighted by Crippen LogP contribution is 2.48. The maximum absolute atomic E-state index is 13.4. The molecule has 1 heterocycles. The van der Waals surface area contributed by atoms with Gasteiger partial charge in [0.25, 0.3) is 0 Å². The van der Waals surface area contributed by atoms with Crippen LogP contribution in [0.1, 0.15) is 66.2 Å². The number of rotatable bonds is 4. The lowest BCUT2D eigenvalue weighted by molar-refractivity contribution is -0.152. The van der Waals surface area contributed by atoms with E-state index < -0.39 is 26.8 Å². The van der Waals surface area contributed by atoms with Crippen molar-refractivity contribution in [2.75, 3.05) is 13.2 Å². The van der Waals surface area contributed by atoms with Gasteiger partial charge in [0.05, 0.1) is 11.4 Å². The molecule has 0 aromatic carbocycles. The molecule has 3 aliphatic rings. The molecule has 0 radical (unpaired) electrons. The van der Waals surface area contributed by atoms with Crippen LogP contribution >= 0.6 is 0 Å². The largest absolute Gasteiger partial charge is 0.465 e. The van der Waals surface area contributed by atoms with Crippen LogP contribution in [0, 0.1) is 17.8 Å². The minimum atomic E-state index is -3.76. The first-order chi connectivity index (χ1) is 13.1. The zero-order chi connectivity index (χ0) is 20.7. The molecule has 3 rings (SSSR count). The Labute approximate surface area is 168 Å². The highest BCUT2D eigenvalue weighted by atomic mass is 32.2. The van der Waals surface area contributed by atoms with Crippen molar-refractivity contribution in [3.8, 4) is 0 Å². The van der Waals surface area contributed by atoms with Gasteiger partial charge in [-0.3, -0.25) is 9.59 Å². The number of hydrogen-bond donors (Lipinski definition) is 0. The van der Waals surface area contributed by atoms with Crippen LogP contribution in [0.4, 0.5) is 0 Å². The highest BCUT2D eigenvalue weighted by molar-refractivity contribution is 7.90. The van der Waals surface area contributed by atoms with Gasteiger partial charge in [0, 0.05) is 13.0 Å². The van der Waals surface area contributed by atoms with Crippen molar-refractivity contribution in [1.82, 2.24) is 4.31 Å². The molecule has 6 nitrogen and oxygen atoms in total. The van der Waals surface area contributed by atoms with Gasteiger partial charge in [-0.2, -0.15) is 4.31 Å². The van der Waals surface area contributed by atoms with Gasteiger partial charge in [0.15, 0.2) is 5.78 Å². The number of carbonyl (C=O) groups is 2.